The zero-order chi connectivity index (χ0) is 9.84. The van der Waals surface area contributed by atoms with Crippen molar-refractivity contribution in [2.45, 2.75) is 32.2 Å². The van der Waals surface area contributed by atoms with Gasteiger partial charge in [-0.15, -0.1) is 0 Å². The van der Waals surface area contributed by atoms with Gasteiger partial charge in [-0.1, -0.05) is 0 Å². The molecular weight excluding hydrogens is 168 g/mol. The van der Waals surface area contributed by atoms with Crippen molar-refractivity contribution in [3.63, 3.8) is 0 Å². The third kappa shape index (κ3) is 3.60. The highest BCUT2D eigenvalue weighted by molar-refractivity contribution is 4.75. The Labute approximate surface area is 79.7 Å². The monoisotopic (exact) mass is 188 g/mol. The number of ether oxygens (including phenoxy) is 1. The van der Waals surface area contributed by atoms with Gasteiger partial charge < -0.3 is 15.6 Å². The van der Waals surface area contributed by atoms with Crippen molar-refractivity contribution in [2.75, 3.05) is 26.2 Å². The molecule has 4 heteroatoms. The van der Waals surface area contributed by atoms with Crippen LogP contribution >= 0.6 is 0 Å². The van der Waals surface area contributed by atoms with Gasteiger partial charge in [-0.05, 0) is 13.8 Å². The van der Waals surface area contributed by atoms with E-state index in [4.69, 9.17) is 10.5 Å². The van der Waals surface area contributed by atoms with Crippen LogP contribution < -0.4 is 5.73 Å². The van der Waals surface area contributed by atoms with E-state index in [1.54, 1.807) is 0 Å². The maximum atomic E-state index is 9.38. The number of hydrogen-bond acceptors (Lipinski definition) is 4. The van der Waals surface area contributed by atoms with Gasteiger partial charge in [-0.3, -0.25) is 4.90 Å². The maximum Gasteiger partial charge on any atom is 0.0789 e. The van der Waals surface area contributed by atoms with Gasteiger partial charge in [0.05, 0.1) is 18.3 Å². The second-order valence-electron chi connectivity index (χ2n) is 3.87. The second kappa shape index (κ2) is 4.91. The fraction of sp³-hybridized carbons (Fsp3) is 1.00. The Hall–Kier alpha value is -0.160. The van der Waals surface area contributed by atoms with Crippen molar-refractivity contribution in [3.8, 4) is 0 Å². The molecule has 3 atom stereocenters. The standard InChI is InChI=1S/C9H20N2O2/c1-7-4-11(5-8(2)13-7)6-9(12)3-10/h7-9,12H,3-6,10H2,1-2H3/t7-,8+,9-/m0/s1. The fourth-order valence-electron chi connectivity index (χ4n) is 1.81. The first-order chi connectivity index (χ1) is 6.11. The lowest BCUT2D eigenvalue weighted by Gasteiger charge is -2.36. The van der Waals surface area contributed by atoms with Crippen LogP contribution in [0.1, 0.15) is 13.8 Å². The highest BCUT2D eigenvalue weighted by Gasteiger charge is 2.23. The first kappa shape index (κ1) is 10.9. The average molecular weight is 188 g/mol. The van der Waals surface area contributed by atoms with Crippen LogP contribution in [0.4, 0.5) is 0 Å². The maximum absolute atomic E-state index is 9.38. The molecular formula is C9H20N2O2. The molecule has 0 aromatic heterocycles. The van der Waals surface area contributed by atoms with E-state index in [-0.39, 0.29) is 12.2 Å². The number of aliphatic hydroxyl groups excluding tert-OH is 1. The van der Waals surface area contributed by atoms with Gasteiger partial charge in [0.15, 0.2) is 0 Å². The van der Waals surface area contributed by atoms with Crippen LogP contribution in [0.3, 0.4) is 0 Å². The van der Waals surface area contributed by atoms with Crippen molar-refractivity contribution in [1.82, 2.24) is 4.90 Å². The minimum absolute atomic E-state index is 0.258. The Bertz CT molecular complexity index is 145. The molecule has 0 saturated carbocycles. The summed E-state index contributed by atoms with van der Waals surface area (Å²) in [6.07, 6.45) is 0.111. The summed E-state index contributed by atoms with van der Waals surface area (Å²) >= 11 is 0. The quantitative estimate of drug-likeness (QED) is 0.622. The number of nitrogens with zero attached hydrogens (tertiary/aromatic N) is 1. The van der Waals surface area contributed by atoms with Crippen LogP contribution in [0, 0.1) is 0 Å². The van der Waals surface area contributed by atoms with Crippen molar-refractivity contribution >= 4 is 0 Å². The summed E-state index contributed by atoms with van der Waals surface area (Å²) in [6.45, 7) is 6.88. The van der Waals surface area contributed by atoms with Crippen LogP contribution in [0.25, 0.3) is 0 Å². The molecule has 1 aliphatic heterocycles. The number of aliphatic hydroxyl groups is 1. The third-order valence-corrected chi connectivity index (χ3v) is 2.24. The molecule has 1 saturated heterocycles. The Balaban J connectivity index is 2.32. The van der Waals surface area contributed by atoms with E-state index in [0.717, 1.165) is 13.1 Å². The summed E-state index contributed by atoms with van der Waals surface area (Å²) < 4.78 is 5.58. The van der Waals surface area contributed by atoms with E-state index < -0.39 is 6.10 Å². The predicted octanol–water partition coefficient (Wildman–Crippen LogP) is -0.585. The topological polar surface area (TPSA) is 58.7 Å². The largest absolute Gasteiger partial charge is 0.390 e. The highest BCUT2D eigenvalue weighted by atomic mass is 16.5. The van der Waals surface area contributed by atoms with Crippen LogP contribution in [-0.4, -0.2) is 54.5 Å². The van der Waals surface area contributed by atoms with Gasteiger partial charge in [0.2, 0.25) is 0 Å². The van der Waals surface area contributed by atoms with Crippen LogP contribution in [-0.2, 0) is 4.74 Å². The van der Waals surface area contributed by atoms with E-state index in [1.807, 2.05) is 0 Å². The normalized spacial score (nSPS) is 33.2. The molecule has 0 amide bonds. The van der Waals surface area contributed by atoms with E-state index in [9.17, 15) is 5.11 Å². The van der Waals surface area contributed by atoms with E-state index >= 15 is 0 Å². The predicted molar refractivity (Wildman–Crippen MR) is 51.5 cm³/mol. The summed E-state index contributed by atoms with van der Waals surface area (Å²) in [7, 11) is 0. The van der Waals surface area contributed by atoms with Crippen molar-refractivity contribution < 1.29 is 9.84 Å². The van der Waals surface area contributed by atoms with Gasteiger partial charge in [0.25, 0.3) is 0 Å². The Morgan fingerprint density at radius 3 is 2.46 bits per heavy atom. The Morgan fingerprint density at radius 1 is 1.46 bits per heavy atom. The average Bonchev–Trinajstić information content (AvgIpc) is 2.02. The summed E-state index contributed by atoms with van der Waals surface area (Å²) in [5, 5.41) is 9.38. The molecule has 13 heavy (non-hydrogen) atoms. The molecule has 78 valence electrons. The number of hydrogen-bond donors (Lipinski definition) is 2. The van der Waals surface area contributed by atoms with Crippen molar-refractivity contribution in [2.24, 2.45) is 5.73 Å². The zero-order valence-corrected chi connectivity index (χ0v) is 8.44. The van der Waals surface area contributed by atoms with Crippen LogP contribution in [0.2, 0.25) is 0 Å². The van der Waals surface area contributed by atoms with Crippen molar-refractivity contribution in [1.29, 1.82) is 0 Å². The molecule has 1 aliphatic rings. The molecule has 0 aromatic carbocycles. The Kier molecular flexibility index (Phi) is 4.12. The number of β-amino-alcohol motifs (C(OH)–C–C–N with tert-alkyl or cyclic N) is 1. The number of morpholine rings is 1. The van der Waals surface area contributed by atoms with Gasteiger partial charge in [-0.2, -0.15) is 0 Å². The second-order valence-corrected chi connectivity index (χ2v) is 3.87. The summed E-state index contributed by atoms with van der Waals surface area (Å²) in [6, 6.07) is 0. The summed E-state index contributed by atoms with van der Waals surface area (Å²) in [5.41, 5.74) is 5.35. The molecule has 4 nitrogen and oxygen atoms in total. The lowest BCUT2D eigenvalue weighted by atomic mass is 10.2. The molecule has 0 radical (unpaired) electrons. The smallest absolute Gasteiger partial charge is 0.0789 e. The lowest BCUT2D eigenvalue weighted by molar-refractivity contribution is -0.0758. The number of rotatable bonds is 3. The molecule has 1 heterocycles. The minimum Gasteiger partial charge on any atom is -0.390 e. The molecule has 0 unspecified atom stereocenters. The van der Waals surface area contributed by atoms with Gasteiger partial charge in [0.1, 0.15) is 0 Å². The fourth-order valence-corrected chi connectivity index (χ4v) is 1.81. The van der Waals surface area contributed by atoms with E-state index in [0.29, 0.717) is 13.1 Å². The molecule has 3 N–H and O–H groups in total. The lowest BCUT2D eigenvalue weighted by Crippen LogP contribution is -2.49. The molecule has 0 aliphatic carbocycles. The summed E-state index contributed by atoms with van der Waals surface area (Å²) in [4.78, 5) is 2.20. The molecule has 0 spiro atoms. The van der Waals surface area contributed by atoms with Gasteiger partial charge in [-0.25, -0.2) is 0 Å². The Morgan fingerprint density at radius 2 is 2.00 bits per heavy atom. The first-order valence-electron chi connectivity index (χ1n) is 4.87. The molecule has 1 fully saturated rings. The minimum atomic E-state index is -0.405. The SMILES string of the molecule is C[C@@H]1CN(C[C@@H](O)CN)C[C@H](C)O1. The molecule has 0 aromatic rings. The van der Waals surface area contributed by atoms with E-state index in [2.05, 4.69) is 18.7 Å². The third-order valence-electron chi connectivity index (χ3n) is 2.24. The van der Waals surface area contributed by atoms with Crippen LogP contribution in [0.5, 0.6) is 0 Å². The van der Waals surface area contributed by atoms with E-state index in [1.165, 1.54) is 0 Å². The number of nitrogens with two attached hydrogens (primary N) is 1. The summed E-state index contributed by atoms with van der Waals surface area (Å²) in [5.74, 6) is 0. The first-order valence-corrected chi connectivity index (χ1v) is 4.87. The molecule has 0 bridgehead atoms. The van der Waals surface area contributed by atoms with Crippen LogP contribution in [0.15, 0.2) is 0 Å². The van der Waals surface area contributed by atoms with Gasteiger partial charge >= 0.3 is 0 Å². The van der Waals surface area contributed by atoms with Gasteiger partial charge in [0, 0.05) is 26.2 Å². The molecule has 1 rings (SSSR count). The zero-order valence-electron chi connectivity index (χ0n) is 8.44. The highest BCUT2D eigenvalue weighted by Crippen LogP contribution is 2.10. The van der Waals surface area contributed by atoms with Crippen molar-refractivity contribution in [3.05, 3.63) is 0 Å².